The number of imidazole rings is 1. The second kappa shape index (κ2) is 5.77. The molecule has 5 heteroatoms. The first-order valence-electron chi connectivity index (χ1n) is 7.63. The zero-order valence-electron chi connectivity index (χ0n) is 13.1. The molecule has 0 aliphatic heterocycles. The third-order valence-corrected chi connectivity index (χ3v) is 3.80. The monoisotopic (exact) mass is 318 g/mol. The highest BCUT2D eigenvalue weighted by Crippen LogP contribution is 2.30. The average molecular weight is 318 g/mol. The van der Waals surface area contributed by atoms with Crippen LogP contribution >= 0.6 is 0 Å². The van der Waals surface area contributed by atoms with Gasteiger partial charge in [0.05, 0.1) is 5.69 Å². The van der Waals surface area contributed by atoms with Crippen molar-refractivity contribution in [1.29, 1.82) is 0 Å². The van der Waals surface area contributed by atoms with E-state index in [1.54, 1.807) is 18.3 Å². The predicted octanol–water partition coefficient (Wildman–Crippen LogP) is 4.59. The molecule has 1 N–H and O–H groups in total. The van der Waals surface area contributed by atoms with Crippen LogP contribution in [0, 0.1) is 12.7 Å². The molecule has 118 valence electrons. The third kappa shape index (κ3) is 2.60. The van der Waals surface area contributed by atoms with Crippen molar-refractivity contribution in [3.63, 3.8) is 0 Å². The molecule has 0 saturated carbocycles. The zero-order valence-corrected chi connectivity index (χ0v) is 13.1. The number of benzene rings is 1. The topological polar surface area (TPSA) is 42.2 Å². The van der Waals surface area contributed by atoms with E-state index in [-0.39, 0.29) is 5.82 Å². The van der Waals surface area contributed by atoms with E-state index >= 15 is 0 Å². The standard InChI is InChI=1S/C19H15FN4/c1-13-9-11-24-17(12-13)23-18(16-4-2-3-10-21-16)19(24)22-15-7-5-14(20)6-8-15/h2-12,22H,1H3. The third-order valence-electron chi connectivity index (χ3n) is 3.80. The number of aromatic nitrogens is 3. The maximum Gasteiger partial charge on any atom is 0.144 e. The number of halogens is 1. The Labute approximate surface area is 138 Å². The molecule has 0 bridgehead atoms. The molecule has 0 atom stereocenters. The molecule has 4 aromatic rings. The number of nitrogens with one attached hydrogen (secondary N) is 1. The van der Waals surface area contributed by atoms with Crippen molar-refractivity contribution in [2.75, 3.05) is 5.32 Å². The molecule has 1 aromatic carbocycles. The van der Waals surface area contributed by atoms with E-state index in [2.05, 4.69) is 10.3 Å². The first-order valence-corrected chi connectivity index (χ1v) is 7.63. The van der Waals surface area contributed by atoms with Crippen molar-refractivity contribution in [3.8, 4) is 11.4 Å². The van der Waals surface area contributed by atoms with Gasteiger partial charge in [-0.1, -0.05) is 6.07 Å². The molecule has 0 fully saturated rings. The normalized spacial score (nSPS) is 10.9. The number of pyridine rings is 2. The Kier molecular flexibility index (Phi) is 3.46. The Balaban J connectivity index is 1.89. The van der Waals surface area contributed by atoms with Crippen LogP contribution in [-0.2, 0) is 0 Å². The van der Waals surface area contributed by atoms with E-state index in [1.807, 2.05) is 47.9 Å². The van der Waals surface area contributed by atoms with Gasteiger partial charge in [-0.2, -0.15) is 0 Å². The quantitative estimate of drug-likeness (QED) is 0.601. The van der Waals surface area contributed by atoms with E-state index in [0.717, 1.165) is 34.1 Å². The molecule has 0 aliphatic carbocycles. The lowest BCUT2D eigenvalue weighted by atomic mass is 10.2. The van der Waals surface area contributed by atoms with E-state index in [1.165, 1.54) is 12.1 Å². The summed E-state index contributed by atoms with van der Waals surface area (Å²) < 4.78 is 15.1. The van der Waals surface area contributed by atoms with Crippen molar-refractivity contribution in [2.45, 2.75) is 6.92 Å². The van der Waals surface area contributed by atoms with Gasteiger partial charge in [0.2, 0.25) is 0 Å². The summed E-state index contributed by atoms with van der Waals surface area (Å²) in [6.07, 6.45) is 3.71. The minimum atomic E-state index is -0.265. The summed E-state index contributed by atoms with van der Waals surface area (Å²) in [5.41, 5.74) is 4.29. The molecule has 24 heavy (non-hydrogen) atoms. The molecule has 4 nitrogen and oxygen atoms in total. The number of hydrogen-bond acceptors (Lipinski definition) is 3. The Morgan fingerprint density at radius 1 is 1.04 bits per heavy atom. The van der Waals surface area contributed by atoms with Gasteiger partial charge in [-0.25, -0.2) is 9.37 Å². The lowest BCUT2D eigenvalue weighted by Gasteiger charge is -2.08. The van der Waals surface area contributed by atoms with Gasteiger partial charge in [-0.3, -0.25) is 9.38 Å². The Bertz CT molecular complexity index is 991. The van der Waals surface area contributed by atoms with Gasteiger partial charge in [-0.15, -0.1) is 0 Å². The summed E-state index contributed by atoms with van der Waals surface area (Å²) >= 11 is 0. The SMILES string of the molecule is Cc1ccn2c(Nc3ccc(F)cc3)c(-c3ccccn3)nc2c1. The summed E-state index contributed by atoms with van der Waals surface area (Å²) in [5, 5.41) is 3.33. The van der Waals surface area contributed by atoms with Crippen LogP contribution in [-0.4, -0.2) is 14.4 Å². The molecule has 3 heterocycles. The molecule has 4 rings (SSSR count). The smallest absolute Gasteiger partial charge is 0.144 e. The fraction of sp³-hybridized carbons (Fsp3) is 0.0526. The first kappa shape index (κ1) is 14.4. The first-order chi connectivity index (χ1) is 11.7. The fourth-order valence-electron chi connectivity index (χ4n) is 2.62. The molecule has 0 saturated heterocycles. The van der Waals surface area contributed by atoms with Crippen LogP contribution in [0.4, 0.5) is 15.9 Å². The van der Waals surface area contributed by atoms with Crippen LogP contribution in [0.5, 0.6) is 0 Å². The highest BCUT2D eigenvalue weighted by atomic mass is 19.1. The van der Waals surface area contributed by atoms with Crippen LogP contribution in [0.1, 0.15) is 5.56 Å². The molecule has 0 amide bonds. The predicted molar refractivity (Wildman–Crippen MR) is 92.8 cm³/mol. The summed E-state index contributed by atoms with van der Waals surface area (Å²) in [4.78, 5) is 9.13. The molecule has 0 spiro atoms. The number of hydrogen-bond donors (Lipinski definition) is 1. The molecular weight excluding hydrogens is 303 g/mol. The van der Waals surface area contributed by atoms with E-state index in [4.69, 9.17) is 4.98 Å². The van der Waals surface area contributed by atoms with Crippen molar-refractivity contribution in [1.82, 2.24) is 14.4 Å². The van der Waals surface area contributed by atoms with Gasteiger partial charge in [0.15, 0.2) is 0 Å². The lowest BCUT2D eigenvalue weighted by Crippen LogP contribution is -1.97. The highest BCUT2D eigenvalue weighted by molar-refractivity contribution is 5.78. The minimum absolute atomic E-state index is 0.265. The van der Waals surface area contributed by atoms with E-state index < -0.39 is 0 Å². The number of anilines is 2. The lowest BCUT2D eigenvalue weighted by molar-refractivity contribution is 0.628. The van der Waals surface area contributed by atoms with Gasteiger partial charge in [0, 0.05) is 18.1 Å². The van der Waals surface area contributed by atoms with Gasteiger partial charge >= 0.3 is 0 Å². The number of fused-ring (bicyclic) bond motifs is 1. The van der Waals surface area contributed by atoms with Crippen molar-refractivity contribution >= 4 is 17.2 Å². The second-order valence-electron chi connectivity index (χ2n) is 5.59. The highest BCUT2D eigenvalue weighted by Gasteiger charge is 2.15. The summed E-state index contributed by atoms with van der Waals surface area (Å²) in [7, 11) is 0. The minimum Gasteiger partial charge on any atom is -0.339 e. The van der Waals surface area contributed by atoms with Crippen molar-refractivity contribution < 1.29 is 4.39 Å². The molecule has 0 aliphatic rings. The maximum absolute atomic E-state index is 13.2. The summed E-state index contributed by atoms with van der Waals surface area (Å²) in [6, 6.07) is 16.0. The van der Waals surface area contributed by atoms with Crippen LogP contribution in [0.15, 0.2) is 67.0 Å². The molecular formula is C19H15FN4. The molecule has 0 unspecified atom stereocenters. The zero-order chi connectivity index (χ0) is 16.5. The largest absolute Gasteiger partial charge is 0.339 e. The maximum atomic E-state index is 13.2. The average Bonchev–Trinajstić information content (AvgIpc) is 2.95. The molecule has 0 radical (unpaired) electrons. The van der Waals surface area contributed by atoms with Gasteiger partial charge in [-0.05, 0) is 61.0 Å². The fourth-order valence-corrected chi connectivity index (χ4v) is 2.62. The van der Waals surface area contributed by atoms with Crippen LogP contribution in [0.3, 0.4) is 0 Å². The number of nitrogens with zero attached hydrogens (tertiary/aromatic N) is 3. The Morgan fingerprint density at radius 2 is 1.88 bits per heavy atom. The van der Waals surface area contributed by atoms with E-state index in [0.29, 0.717) is 0 Å². The van der Waals surface area contributed by atoms with Gasteiger partial charge in [0.1, 0.15) is 23.0 Å². The Morgan fingerprint density at radius 3 is 2.62 bits per heavy atom. The summed E-state index contributed by atoms with van der Waals surface area (Å²) in [5.74, 6) is 0.537. The van der Waals surface area contributed by atoms with Gasteiger partial charge < -0.3 is 5.32 Å². The Hall–Kier alpha value is -3.21. The number of aryl methyl sites for hydroxylation is 1. The van der Waals surface area contributed by atoms with Crippen molar-refractivity contribution in [2.24, 2.45) is 0 Å². The van der Waals surface area contributed by atoms with Gasteiger partial charge in [0.25, 0.3) is 0 Å². The number of rotatable bonds is 3. The summed E-state index contributed by atoms with van der Waals surface area (Å²) in [6.45, 7) is 2.03. The van der Waals surface area contributed by atoms with Crippen LogP contribution < -0.4 is 5.32 Å². The second-order valence-corrected chi connectivity index (χ2v) is 5.59. The van der Waals surface area contributed by atoms with Crippen molar-refractivity contribution in [3.05, 3.63) is 78.4 Å². The molecule has 3 aromatic heterocycles. The van der Waals surface area contributed by atoms with E-state index in [9.17, 15) is 4.39 Å². The van der Waals surface area contributed by atoms with Crippen LogP contribution in [0.25, 0.3) is 17.0 Å². The van der Waals surface area contributed by atoms with Crippen LogP contribution in [0.2, 0.25) is 0 Å².